The molecule has 0 saturated carbocycles. The van der Waals surface area contributed by atoms with Gasteiger partial charge in [0.2, 0.25) is 5.91 Å². The van der Waals surface area contributed by atoms with E-state index in [9.17, 15) is 9.59 Å². The van der Waals surface area contributed by atoms with Crippen molar-refractivity contribution in [1.82, 2.24) is 19.9 Å². The Morgan fingerprint density at radius 3 is 2.73 bits per heavy atom. The van der Waals surface area contributed by atoms with E-state index in [2.05, 4.69) is 26.9 Å². The van der Waals surface area contributed by atoms with Crippen molar-refractivity contribution >= 4 is 45.8 Å². The maximum Gasteiger partial charge on any atom is 0.251 e. The number of amides is 2. The molecule has 0 aliphatic heterocycles. The van der Waals surface area contributed by atoms with Gasteiger partial charge in [0.1, 0.15) is 0 Å². The molecule has 2 heterocycles. The van der Waals surface area contributed by atoms with Gasteiger partial charge in [-0.05, 0) is 49.7 Å². The van der Waals surface area contributed by atoms with Gasteiger partial charge in [-0.25, -0.2) is 0 Å². The Morgan fingerprint density at radius 1 is 1.07 bits per heavy atom. The highest BCUT2D eigenvalue weighted by molar-refractivity contribution is 7.99. The van der Waals surface area contributed by atoms with Gasteiger partial charge in [-0.2, -0.15) is 0 Å². The summed E-state index contributed by atoms with van der Waals surface area (Å²) in [6.07, 6.45) is 0. The molecule has 30 heavy (non-hydrogen) atoms. The Kier molecular flexibility index (Phi) is 5.67. The number of aryl methyl sites for hydroxylation is 1. The van der Waals surface area contributed by atoms with Crippen LogP contribution in [0.15, 0.2) is 59.8 Å². The Balaban J connectivity index is 1.50. The molecular weight excluding hydrogens is 398 g/mol. The summed E-state index contributed by atoms with van der Waals surface area (Å²) in [5, 5.41) is 15.9. The van der Waals surface area contributed by atoms with Crippen LogP contribution in [0.3, 0.4) is 0 Å². The van der Waals surface area contributed by atoms with Crippen molar-refractivity contribution in [3.63, 3.8) is 0 Å². The Morgan fingerprint density at radius 2 is 1.90 bits per heavy atom. The zero-order valence-electron chi connectivity index (χ0n) is 16.7. The molecule has 0 aliphatic carbocycles. The normalized spacial score (nSPS) is 11.0. The second-order valence-corrected chi connectivity index (χ2v) is 7.74. The van der Waals surface area contributed by atoms with E-state index in [1.54, 1.807) is 24.3 Å². The number of benzene rings is 2. The summed E-state index contributed by atoms with van der Waals surface area (Å²) in [4.78, 5) is 24.5. The molecule has 0 radical (unpaired) electrons. The van der Waals surface area contributed by atoms with Gasteiger partial charge >= 0.3 is 0 Å². The number of thioether (sulfide) groups is 1. The molecule has 0 bridgehead atoms. The molecule has 4 rings (SSSR count). The quantitative estimate of drug-likeness (QED) is 0.466. The fourth-order valence-corrected chi connectivity index (χ4v) is 4.05. The molecule has 2 amide bonds. The van der Waals surface area contributed by atoms with Crippen molar-refractivity contribution in [3.8, 4) is 0 Å². The van der Waals surface area contributed by atoms with E-state index in [-0.39, 0.29) is 17.6 Å². The fraction of sp³-hybridized carbons (Fsp3) is 0.182. The van der Waals surface area contributed by atoms with E-state index in [0.717, 1.165) is 22.1 Å². The van der Waals surface area contributed by atoms with Crippen LogP contribution in [0.4, 0.5) is 5.69 Å². The molecule has 7 nitrogen and oxygen atoms in total. The number of pyridine rings is 1. The van der Waals surface area contributed by atoms with E-state index in [1.165, 1.54) is 11.8 Å². The van der Waals surface area contributed by atoms with E-state index in [4.69, 9.17) is 0 Å². The lowest BCUT2D eigenvalue weighted by Crippen LogP contribution is -2.23. The smallest absolute Gasteiger partial charge is 0.251 e. The molecule has 2 aromatic carbocycles. The average Bonchev–Trinajstić information content (AvgIpc) is 3.16. The number of rotatable bonds is 6. The highest BCUT2D eigenvalue weighted by atomic mass is 32.2. The van der Waals surface area contributed by atoms with Gasteiger partial charge in [0, 0.05) is 23.2 Å². The van der Waals surface area contributed by atoms with Crippen molar-refractivity contribution in [1.29, 1.82) is 0 Å². The van der Waals surface area contributed by atoms with Crippen molar-refractivity contribution in [2.75, 3.05) is 17.6 Å². The van der Waals surface area contributed by atoms with Crippen molar-refractivity contribution < 1.29 is 9.59 Å². The predicted molar refractivity (Wildman–Crippen MR) is 119 cm³/mol. The van der Waals surface area contributed by atoms with Crippen LogP contribution in [0.25, 0.3) is 16.6 Å². The standard InChI is InChI=1S/C22H21N5O2S/c1-3-23-21(29)15-7-6-8-16(12-15)24-20(28)13-30-22-26-25-19-11-14(2)17-9-4-5-10-18(17)27(19)22/h4-12H,3,13H2,1-2H3,(H,23,29)(H,24,28). The van der Waals surface area contributed by atoms with E-state index >= 15 is 0 Å². The van der Waals surface area contributed by atoms with Crippen LogP contribution < -0.4 is 10.6 Å². The lowest BCUT2D eigenvalue weighted by atomic mass is 10.1. The zero-order chi connectivity index (χ0) is 21.1. The van der Waals surface area contributed by atoms with Crippen LogP contribution in [-0.4, -0.2) is 38.7 Å². The third-order valence-corrected chi connectivity index (χ3v) is 5.58. The van der Waals surface area contributed by atoms with Crippen LogP contribution in [0.1, 0.15) is 22.8 Å². The third-order valence-electron chi connectivity index (χ3n) is 4.65. The van der Waals surface area contributed by atoms with Crippen molar-refractivity contribution in [2.24, 2.45) is 0 Å². The van der Waals surface area contributed by atoms with Gasteiger partial charge in [0.05, 0.1) is 11.3 Å². The molecule has 0 saturated heterocycles. The second kappa shape index (κ2) is 8.54. The summed E-state index contributed by atoms with van der Waals surface area (Å²) in [5.74, 6) is -0.171. The minimum absolute atomic E-state index is 0.167. The number of fused-ring (bicyclic) bond motifs is 3. The Hall–Kier alpha value is -3.39. The summed E-state index contributed by atoms with van der Waals surface area (Å²) >= 11 is 1.32. The molecule has 8 heteroatoms. The molecule has 152 valence electrons. The maximum atomic E-state index is 12.5. The minimum Gasteiger partial charge on any atom is -0.352 e. The number of carbonyl (C=O) groups excluding carboxylic acids is 2. The Labute approximate surface area is 177 Å². The number of nitrogens with one attached hydrogen (secondary N) is 2. The van der Waals surface area contributed by atoms with Crippen LogP contribution in [0.2, 0.25) is 0 Å². The van der Waals surface area contributed by atoms with Crippen molar-refractivity contribution in [2.45, 2.75) is 19.0 Å². The summed E-state index contributed by atoms with van der Waals surface area (Å²) in [7, 11) is 0. The van der Waals surface area contributed by atoms with Gasteiger partial charge in [-0.15, -0.1) is 10.2 Å². The SMILES string of the molecule is CCNC(=O)c1cccc(NC(=O)CSc2nnc3cc(C)c4ccccc4n23)c1. The summed E-state index contributed by atoms with van der Waals surface area (Å²) < 4.78 is 1.97. The summed E-state index contributed by atoms with van der Waals surface area (Å²) in [6.45, 7) is 4.46. The van der Waals surface area contributed by atoms with Crippen LogP contribution in [0.5, 0.6) is 0 Å². The number of carbonyl (C=O) groups is 2. The molecule has 0 fully saturated rings. The fourth-order valence-electron chi connectivity index (χ4n) is 3.30. The maximum absolute atomic E-state index is 12.5. The number of hydrogen-bond acceptors (Lipinski definition) is 5. The topological polar surface area (TPSA) is 88.4 Å². The monoisotopic (exact) mass is 419 g/mol. The largest absolute Gasteiger partial charge is 0.352 e. The number of nitrogens with zero attached hydrogens (tertiary/aromatic N) is 3. The lowest BCUT2D eigenvalue weighted by Gasteiger charge is -2.08. The summed E-state index contributed by atoms with van der Waals surface area (Å²) in [6, 6.07) is 16.9. The lowest BCUT2D eigenvalue weighted by molar-refractivity contribution is -0.113. The first-order valence-corrected chi connectivity index (χ1v) is 10.6. The number of aromatic nitrogens is 3. The van der Waals surface area contributed by atoms with Crippen molar-refractivity contribution in [3.05, 3.63) is 65.7 Å². The number of hydrogen-bond donors (Lipinski definition) is 2. The van der Waals surface area contributed by atoms with Gasteiger partial charge < -0.3 is 10.6 Å². The number of para-hydroxylation sites is 1. The van der Waals surface area contributed by atoms with Gasteiger partial charge in [0.15, 0.2) is 10.8 Å². The molecule has 0 spiro atoms. The third kappa shape index (κ3) is 3.99. The first-order chi connectivity index (χ1) is 14.6. The molecule has 0 unspecified atom stereocenters. The average molecular weight is 420 g/mol. The second-order valence-electron chi connectivity index (χ2n) is 6.80. The molecule has 4 aromatic rings. The van der Waals surface area contributed by atoms with Gasteiger partial charge in [-0.1, -0.05) is 36.0 Å². The Bertz CT molecular complexity index is 1250. The van der Waals surface area contributed by atoms with E-state index < -0.39 is 0 Å². The summed E-state index contributed by atoms with van der Waals surface area (Å²) in [5.41, 5.74) is 3.98. The van der Waals surface area contributed by atoms with Gasteiger partial charge in [0.25, 0.3) is 5.91 Å². The molecule has 2 aromatic heterocycles. The highest BCUT2D eigenvalue weighted by Gasteiger charge is 2.13. The van der Waals surface area contributed by atoms with E-state index in [1.807, 2.05) is 42.5 Å². The van der Waals surface area contributed by atoms with Gasteiger partial charge in [-0.3, -0.25) is 14.0 Å². The van der Waals surface area contributed by atoms with Crippen LogP contribution in [0, 0.1) is 6.92 Å². The predicted octanol–water partition coefficient (Wildman–Crippen LogP) is 3.67. The molecule has 2 N–H and O–H groups in total. The minimum atomic E-state index is -0.179. The zero-order valence-corrected chi connectivity index (χ0v) is 17.5. The molecule has 0 aliphatic rings. The highest BCUT2D eigenvalue weighted by Crippen LogP contribution is 2.25. The van der Waals surface area contributed by atoms with Crippen LogP contribution >= 0.6 is 11.8 Å². The first kappa shape index (κ1) is 19.9. The van der Waals surface area contributed by atoms with Crippen LogP contribution in [-0.2, 0) is 4.79 Å². The first-order valence-electron chi connectivity index (χ1n) is 9.61. The van der Waals surface area contributed by atoms with E-state index in [0.29, 0.717) is 23.0 Å². The molecule has 0 atom stereocenters. The number of anilines is 1. The molecular formula is C22H21N5O2S.